The van der Waals surface area contributed by atoms with Crippen molar-refractivity contribution in [2.45, 2.75) is 25.6 Å². The molecule has 4 nitrogen and oxygen atoms in total. The van der Waals surface area contributed by atoms with E-state index in [0.29, 0.717) is 36.8 Å². The van der Waals surface area contributed by atoms with Gasteiger partial charge in [0.15, 0.2) is 0 Å². The van der Waals surface area contributed by atoms with E-state index < -0.39 is 17.7 Å². The summed E-state index contributed by atoms with van der Waals surface area (Å²) in [5.41, 5.74) is 1.68. The third kappa shape index (κ3) is 3.95. The van der Waals surface area contributed by atoms with Gasteiger partial charge in [0, 0.05) is 42.6 Å². The van der Waals surface area contributed by atoms with Crippen LogP contribution in [0.25, 0.3) is 0 Å². The molecule has 2 atom stereocenters. The molecular formula is C22H23ClF3N3O. The molecule has 30 heavy (non-hydrogen) atoms. The van der Waals surface area contributed by atoms with E-state index in [1.807, 2.05) is 31.2 Å². The molecule has 2 heterocycles. The van der Waals surface area contributed by atoms with Crippen LogP contribution >= 0.6 is 11.6 Å². The lowest BCUT2D eigenvalue weighted by Crippen LogP contribution is -2.61. The summed E-state index contributed by atoms with van der Waals surface area (Å²) in [7, 11) is 0. The van der Waals surface area contributed by atoms with Gasteiger partial charge in [-0.1, -0.05) is 17.7 Å². The number of benzene rings is 2. The minimum Gasteiger partial charge on any atom is -0.368 e. The Morgan fingerprint density at radius 1 is 1.20 bits per heavy atom. The van der Waals surface area contributed by atoms with Gasteiger partial charge in [-0.2, -0.15) is 13.2 Å². The lowest BCUT2D eigenvalue weighted by atomic mass is 9.82. The number of fused-ring (bicyclic) bond motifs is 3. The van der Waals surface area contributed by atoms with Gasteiger partial charge in [-0.25, -0.2) is 0 Å². The monoisotopic (exact) mass is 437 g/mol. The summed E-state index contributed by atoms with van der Waals surface area (Å²) >= 11 is 6.15. The topological polar surface area (TPSA) is 35.6 Å². The molecule has 1 fully saturated rings. The molecule has 2 aromatic rings. The van der Waals surface area contributed by atoms with E-state index in [2.05, 4.69) is 15.1 Å². The van der Waals surface area contributed by atoms with E-state index in [0.717, 1.165) is 17.4 Å². The second kappa shape index (κ2) is 8.02. The first-order chi connectivity index (χ1) is 14.3. The smallest absolute Gasteiger partial charge is 0.368 e. The van der Waals surface area contributed by atoms with Gasteiger partial charge in [-0.05, 0) is 55.3 Å². The summed E-state index contributed by atoms with van der Waals surface area (Å²) in [4.78, 5) is 17.1. The molecule has 0 aromatic heterocycles. The molecule has 1 amide bonds. The zero-order chi connectivity index (χ0) is 21.5. The van der Waals surface area contributed by atoms with Gasteiger partial charge in [-0.15, -0.1) is 0 Å². The molecule has 8 heteroatoms. The third-order valence-corrected chi connectivity index (χ3v) is 6.14. The van der Waals surface area contributed by atoms with Gasteiger partial charge in [0.2, 0.25) is 5.91 Å². The number of hydrogen-bond donors (Lipinski definition) is 1. The fraction of sp³-hybridized carbons (Fsp3) is 0.409. The van der Waals surface area contributed by atoms with Crippen molar-refractivity contribution in [2.75, 3.05) is 36.0 Å². The predicted molar refractivity (Wildman–Crippen MR) is 112 cm³/mol. The van der Waals surface area contributed by atoms with Gasteiger partial charge in [-0.3, -0.25) is 4.79 Å². The van der Waals surface area contributed by atoms with Crippen LogP contribution in [0.3, 0.4) is 0 Å². The van der Waals surface area contributed by atoms with E-state index >= 15 is 0 Å². The first-order valence-corrected chi connectivity index (χ1v) is 10.4. The zero-order valence-corrected chi connectivity index (χ0v) is 17.3. The molecule has 2 aliphatic rings. The van der Waals surface area contributed by atoms with Crippen LogP contribution in [-0.2, 0) is 17.4 Å². The highest BCUT2D eigenvalue weighted by molar-refractivity contribution is 6.30. The summed E-state index contributed by atoms with van der Waals surface area (Å²) in [6.07, 6.45) is -4.12. The van der Waals surface area contributed by atoms with Crippen molar-refractivity contribution in [3.05, 3.63) is 58.6 Å². The van der Waals surface area contributed by atoms with Crippen LogP contribution in [0.4, 0.5) is 24.5 Å². The molecule has 1 saturated heterocycles. The Hall–Kier alpha value is -2.41. The summed E-state index contributed by atoms with van der Waals surface area (Å²) in [5, 5.41) is 3.50. The highest BCUT2D eigenvalue weighted by Gasteiger charge is 2.42. The number of hydrogen-bond acceptors (Lipinski definition) is 3. The van der Waals surface area contributed by atoms with Crippen LogP contribution in [-0.4, -0.2) is 38.1 Å². The Kier molecular flexibility index (Phi) is 5.57. The molecule has 160 valence electrons. The zero-order valence-electron chi connectivity index (χ0n) is 16.5. The maximum atomic E-state index is 13.2. The van der Waals surface area contributed by atoms with Crippen molar-refractivity contribution >= 4 is 28.9 Å². The highest BCUT2D eigenvalue weighted by atomic mass is 35.5. The first kappa shape index (κ1) is 20.8. The van der Waals surface area contributed by atoms with Gasteiger partial charge >= 0.3 is 6.18 Å². The molecule has 0 saturated carbocycles. The molecule has 2 aromatic carbocycles. The molecule has 0 unspecified atom stereocenters. The molecule has 1 N–H and O–H groups in total. The van der Waals surface area contributed by atoms with E-state index in [1.165, 1.54) is 6.07 Å². The number of carbonyl (C=O) groups excluding carboxylic acids is 1. The van der Waals surface area contributed by atoms with Crippen LogP contribution in [0, 0.1) is 5.92 Å². The highest BCUT2D eigenvalue weighted by Crippen LogP contribution is 2.40. The Morgan fingerprint density at radius 2 is 2.00 bits per heavy atom. The largest absolute Gasteiger partial charge is 0.416 e. The standard InChI is InChI=1S/C22H23ClF3N3O/c1-2-27-21(30)18-11-14-10-15(22(24,25)26)6-7-19(14)29-9-8-28(13-20(18)29)17-5-3-4-16(23)12-17/h3-7,10,12,18,20H,2,8-9,11,13H2,1H3,(H,27,30)/t18-,20+/m1/s1. The lowest BCUT2D eigenvalue weighted by molar-refractivity contribution is -0.137. The number of halogens is 4. The average molecular weight is 438 g/mol. The van der Waals surface area contributed by atoms with Crippen molar-refractivity contribution in [3.8, 4) is 0 Å². The molecule has 0 bridgehead atoms. The average Bonchev–Trinajstić information content (AvgIpc) is 2.71. The van der Waals surface area contributed by atoms with Gasteiger partial charge in [0.1, 0.15) is 0 Å². The minimum atomic E-state index is -4.40. The van der Waals surface area contributed by atoms with Crippen molar-refractivity contribution in [3.63, 3.8) is 0 Å². The Morgan fingerprint density at radius 3 is 2.70 bits per heavy atom. The SMILES string of the molecule is CCNC(=O)[C@@H]1Cc2cc(C(F)(F)F)ccc2N2CCN(c3cccc(Cl)c3)C[C@@H]12. The fourth-order valence-corrected chi connectivity index (χ4v) is 4.70. The third-order valence-electron chi connectivity index (χ3n) is 5.90. The van der Waals surface area contributed by atoms with E-state index in [4.69, 9.17) is 11.6 Å². The lowest BCUT2D eigenvalue weighted by Gasteiger charge is -2.49. The summed E-state index contributed by atoms with van der Waals surface area (Å²) in [6.45, 7) is 4.23. The Bertz CT molecular complexity index is 949. The minimum absolute atomic E-state index is 0.122. The van der Waals surface area contributed by atoms with Gasteiger partial charge < -0.3 is 15.1 Å². The van der Waals surface area contributed by atoms with Crippen LogP contribution in [0.1, 0.15) is 18.1 Å². The Balaban J connectivity index is 1.69. The summed E-state index contributed by atoms with van der Waals surface area (Å²) in [6, 6.07) is 11.3. The molecule has 2 aliphatic heterocycles. The number of nitrogens with zero attached hydrogens (tertiary/aromatic N) is 2. The normalized spacial score (nSPS) is 21.1. The molecule has 0 spiro atoms. The van der Waals surface area contributed by atoms with Crippen molar-refractivity contribution in [2.24, 2.45) is 5.92 Å². The fourth-order valence-electron chi connectivity index (χ4n) is 4.51. The second-order valence-electron chi connectivity index (χ2n) is 7.73. The van der Waals surface area contributed by atoms with Gasteiger partial charge in [0.05, 0.1) is 17.5 Å². The molecule has 0 aliphatic carbocycles. The van der Waals surface area contributed by atoms with Gasteiger partial charge in [0.25, 0.3) is 0 Å². The predicted octanol–water partition coefficient (Wildman–Crippen LogP) is 4.36. The molecule has 4 rings (SSSR count). The van der Waals surface area contributed by atoms with E-state index in [1.54, 1.807) is 6.07 Å². The number of amides is 1. The quantitative estimate of drug-likeness (QED) is 0.774. The van der Waals surface area contributed by atoms with Crippen molar-refractivity contribution < 1.29 is 18.0 Å². The van der Waals surface area contributed by atoms with Crippen LogP contribution < -0.4 is 15.1 Å². The van der Waals surface area contributed by atoms with Crippen molar-refractivity contribution in [1.82, 2.24) is 5.32 Å². The van der Waals surface area contributed by atoms with Crippen LogP contribution in [0.5, 0.6) is 0 Å². The van der Waals surface area contributed by atoms with E-state index in [9.17, 15) is 18.0 Å². The maximum absolute atomic E-state index is 13.2. The Labute approximate surface area is 178 Å². The second-order valence-corrected chi connectivity index (χ2v) is 8.17. The summed E-state index contributed by atoms with van der Waals surface area (Å²) in [5.74, 6) is -0.550. The maximum Gasteiger partial charge on any atom is 0.416 e. The number of piperazine rings is 1. The van der Waals surface area contributed by atoms with Crippen LogP contribution in [0.15, 0.2) is 42.5 Å². The molecule has 0 radical (unpaired) electrons. The van der Waals surface area contributed by atoms with Crippen molar-refractivity contribution in [1.29, 1.82) is 0 Å². The first-order valence-electron chi connectivity index (χ1n) is 10.0. The number of carbonyl (C=O) groups is 1. The van der Waals surface area contributed by atoms with E-state index in [-0.39, 0.29) is 18.4 Å². The number of nitrogens with one attached hydrogen (secondary N) is 1. The number of anilines is 2. The molecular weight excluding hydrogens is 415 g/mol. The van der Waals surface area contributed by atoms with Crippen LogP contribution in [0.2, 0.25) is 5.02 Å². The summed E-state index contributed by atoms with van der Waals surface area (Å²) < 4.78 is 39.7. The number of alkyl halides is 3. The number of rotatable bonds is 3.